The van der Waals surface area contributed by atoms with Crippen LogP contribution in [-0.4, -0.2) is 35.9 Å². The van der Waals surface area contributed by atoms with Gasteiger partial charge in [0.15, 0.2) is 0 Å². The zero-order chi connectivity index (χ0) is 20.4. The van der Waals surface area contributed by atoms with E-state index in [2.05, 4.69) is 79.1 Å². The summed E-state index contributed by atoms with van der Waals surface area (Å²) in [5.74, 6) is 0.418. The normalized spacial score (nSPS) is 19.3. The number of halogens is 1. The Morgan fingerprint density at radius 1 is 1.00 bits per heavy atom. The van der Waals surface area contributed by atoms with Crippen LogP contribution in [0.5, 0.6) is 0 Å². The van der Waals surface area contributed by atoms with E-state index < -0.39 is 5.41 Å². The van der Waals surface area contributed by atoms with E-state index >= 15 is 0 Å². The van der Waals surface area contributed by atoms with E-state index in [4.69, 9.17) is 0 Å². The number of likely N-dealkylation sites (N-methyl/N-ethyl adjacent to an activating group) is 1. The summed E-state index contributed by atoms with van der Waals surface area (Å²) < 4.78 is 2.35. The van der Waals surface area contributed by atoms with Gasteiger partial charge in [-0.1, -0.05) is 55.0 Å². The van der Waals surface area contributed by atoms with Crippen molar-refractivity contribution in [3.63, 3.8) is 0 Å². The highest BCUT2D eigenvalue weighted by molar-refractivity contribution is 5.93. The molecule has 0 spiro atoms. The minimum Gasteiger partial charge on any atom is -0.347 e. The van der Waals surface area contributed by atoms with Crippen LogP contribution in [0.3, 0.4) is 0 Å². The molecule has 0 N–H and O–H groups in total. The average Bonchev–Trinajstić information content (AvgIpc) is 3.00. The summed E-state index contributed by atoms with van der Waals surface area (Å²) in [6.07, 6.45) is 5.60. The summed E-state index contributed by atoms with van der Waals surface area (Å²) in [5, 5.41) is 1.30. The highest BCUT2D eigenvalue weighted by Crippen LogP contribution is 2.42. The van der Waals surface area contributed by atoms with Crippen LogP contribution >= 0.6 is 12.4 Å². The SMILES string of the molecule is CN(C)CCc1c(CC2(c3ccccc3)CCCCC2=O)c2ccccc2n1C.Cl. The lowest BCUT2D eigenvalue weighted by atomic mass is 9.65. The van der Waals surface area contributed by atoms with Crippen molar-refractivity contribution in [1.82, 2.24) is 9.47 Å². The van der Waals surface area contributed by atoms with E-state index in [1.165, 1.54) is 27.7 Å². The molecule has 1 saturated carbocycles. The number of carbonyl (C=O) groups is 1. The van der Waals surface area contributed by atoms with Gasteiger partial charge in [-0.05, 0) is 50.6 Å². The molecule has 3 aromatic rings. The van der Waals surface area contributed by atoms with Gasteiger partial charge < -0.3 is 9.47 Å². The van der Waals surface area contributed by atoms with Crippen molar-refractivity contribution in [2.75, 3.05) is 20.6 Å². The molecule has 0 amide bonds. The van der Waals surface area contributed by atoms with Crippen LogP contribution in [0, 0.1) is 0 Å². The third-order valence-electron chi connectivity index (χ3n) is 6.74. The first-order chi connectivity index (χ1) is 14.0. The molecule has 3 nitrogen and oxygen atoms in total. The Morgan fingerprint density at radius 2 is 1.70 bits per heavy atom. The molecule has 4 rings (SSSR count). The Hall–Kier alpha value is -2.10. The van der Waals surface area contributed by atoms with Gasteiger partial charge in [0, 0.05) is 43.0 Å². The topological polar surface area (TPSA) is 25.2 Å². The van der Waals surface area contributed by atoms with Gasteiger partial charge in [-0.3, -0.25) is 4.79 Å². The number of hydrogen-bond donors (Lipinski definition) is 0. The number of fused-ring (bicyclic) bond motifs is 1. The number of carbonyl (C=O) groups excluding carboxylic acids is 1. The predicted molar refractivity (Wildman–Crippen MR) is 128 cm³/mol. The van der Waals surface area contributed by atoms with Crippen LogP contribution in [0.15, 0.2) is 54.6 Å². The minimum atomic E-state index is -0.392. The van der Waals surface area contributed by atoms with Crippen LogP contribution in [0.4, 0.5) is 0 Å². The van der Waals surface area contributed by atoms with Crippen molar-refractivity contribution in [3.05, 3.63) is 71.4 Å². The third kappa shape index (κ3) is 4.06. The molecule has 0 aliphatic heterocycles. The van der Waals surface area contributed by atoms with E-state index in [0.717, 1.165) is 38.6 Å². The van der Waals surface area contributed by atoms with Crippen molar-refractivity contribution >= 4 is 29.1 Å². The van der Waals surface area contributed by atoms with Gasteiger partial charge in [-0.2, -0.15) is 0 Å². The fraction of sp³-hybridized carbons (Fsp3) is 0.423. The van der Waals surface area contributed by atoms with E-state index in [1.807, 2.05) is 6.07 Å². The number of benzene rings is 2. The molecular weight excluding hydrogens is 392 g/mol. The maximum atomic E-state index is 13.4. The van der Waals surface area contributed by atoms with Gasteiger partial charge >= 0.3 is 0 Å². The molecule has 0 bridgehead atoms. The van der Waals surface area contributed by atoms with E-state index in [0.29, 0.717) is 12.2 Å². The maximum absolute atomic E-state index is 13.4. The number of nitrogens with zero attached hydrogens (tertiary/aromatic N) is 2. The van der Waals surface area contributed by atoms with Crippen molar-refractivity contribution in [2.45, 2.75) is 43.9 Å². The molecule has 2 aromatic carbocycles. The second kappa shape index (κ2) is 9.36. The third-order valence-corrected chi connectivity index (χ3v) is 6.74. The Labute approximate surface area is 186 Å². The lowest BCUT2D eigenvalue weighted by molar-refractivity contribution is -0.126. The van der Waals surface area contributed by atoms with E-state index in [-0.39, 0.29) is 12.4 Å². The fourth-order valence-corrected chi connectivity index (χ4v) is 5.11. The Bertz CT molecular complexity index is 1010. The first kappa shape index (κ1) is 22.6. The van der Waals surface area contributed by atoms with E-state index in [9.17, 15) is 4.79 Å². The molecule has 1 aliphatic carbocycles. The fourth-order valence-electron chi connectivity index (χ4n) is 5.11. The molecule has 0 saturated heterocycles. The second-order valence-corrected chi connectivity index (χ2v) is 8.81. The summed E-state index contributed by atoms with van der Waals surface area (Å²) in [6.45, 7) is 1.00. The zero-order valence-corrected chi connectivity index (χ0v) is 19.2. The number of hydrogen-bond acceptors (Lipinski definition) is 2. The van der Waals surface area contributed by atoms with Crippen LogP contribution < -0.4 is 0 Å². The van der Waals surface area contributed by atoms with Gasteiger partial charge in [-0.15, -0.1) is 12.4 Å². The average molecular weight is 425 g/mol. The molecule has 0 radical (unpaired) electrons. The molecule has 1 aromatic heterocycles. The molecule has 1 aliphatic rings. The Kier molecular flexibility index (Phi) is 7.05. The number of rotatable bonds is 6. The Morgan fingerprint density at radius 3 is 2.40 bits per heavy atom. The van der Waals surface area contributed by atoms with Gasteiger partial charge in [-0.25, -0.2) is 0 Å². The molecule has 1 unspecified atom stereocenters. The standard InChI is InChI=1S/C26H32N2O.ClH/c1-27(2)18-16-24-22(21-13-7-8-14-23(21)28(24)3)19-26(17-10-9-15-25(26)29)20-11-5-4-6-12-20;/h4-8,11-14H,9-10,15-19H2,1-3H3;1H. The zero-order valence-electron chi connectivity index (χ0n) is 18.4. The smallest absolute Gasteiger partial charge is 0.143 e. The van der Waals surface area contributed by atoms with Crippen molar-refractivity contribution < 1.29 is 4.79 Å². The minimum absolute atomic E-state index is 0. The van der Waals surface area contributed by atoms with Crippen molar-refractivity contribution in [3.8, 4) is 0 Å². The lowest BCUT2D eigenvalue weighted by Crippen LogP contribution is -2.41. The van der Waals surface area contributed by atoms with E-state index in [1.54, 1.807) is 0 Å². The number of ketones is 1. The predicted octanol–water partition coefficient (Wildman–Crippen LogP) is 5.33. The summed E-state index contributed by atoms with van der Waals surface area (Å²) >= 11 is 0. The molecule has 1 fully saturated rings. The summed E-state index contributed by atoms with van der Waals surface area (Å²) in [6, 6.07) is 19.2. The quantitative estimate of drug-likeness (QED) is 0.534. The number of para-hydroxylation sites is 1. The Balaban J connectivity index is 0.00000256. The highest BCUT2D eigenvalue weighted by Gasteiger charge is 2.42. The van der Waals surface area contributed by atoms with Gasteiger partial charge in [0.1, 0.15) is 5.78 Å². The first-order valence-corrected chi connectivity index (χ1v) is 10.8. The van der Waals surface area contributed by atoms with Crippen LogP contribution in [0.2, 0.25) is 0 Å². The summed E-state index contributed by atoms with van der Waals surface area (Å²) in [7, 11) is 6.42. The molecule has 160 valence electrons. The van der Waals surface area contributed by atoms with Crippen LogP contribution in [0.1, 0.15) is 42.5 Å². The molecular formula is C26H33ClN2O. The molecule has 1 atom stereocenters. The summed E-state index contributed by atoms with van der Waals surface area (Å²) in [4.78, 5) is 15.7. The van der Waals surface area contributed by atoms with Gasteiger partial charge in [0.2, 0.25) is 0 Å². The summed E-state index contributed by atoms with van der Waals surface area (Å²) in [5.41, 5.74) is 4.80. The van der Waals surface area contributed by atoms with Crippen molar-refractivity contribution in [1.29, 1.82) is 0 Å². The van der Waals surface area contributed by atoms with Crippen LogP contribution in [0.25, 0.3) is 10.9 Å². The maximum Gasteiger partial charge on any atom is 0.143 e. The molecule has 4 heteroatoms. The molecule has 30 heavy (non-hydrogen) atoms. The van der Waals surface area contributed by atoms with Gasteiger partial charge in [0.05, 0.1) is 5.41 Å². The monoisotopic (exact) mass is 424 g/mol. The van der Waals surface area contributed by atoms with Crippen LogP contribution in [-0.2, 0) is 30.1 Å². The number of aryl methyl sites for hydroxylation is 1. The second-order valence-electron chi connectivity index (χ2n) is 8.81. The molecule has 1 heterocycles. The lowest BCUT2D eigenvalue weighted by Gasteiger charge is -2.37. The number of Topliss-reactive ketones (excluding diaryl/α,β-unsaturated/α-hetero) is 1. The number of aromatic nitrogens is 1. The largest absolute Gasteiger partial charge is 0.347 e. The highest BCUT2D eigenvalue weighted by atomic mass is 35.5. The first-order valence-electron chi connectivity index (χ1n) is 10.8. The van der Waals surface area contributed by atoms with Gasteiger partial charge in [0.25, 0.3) is 0 Å². The van der Waals surface area contributed by atoms with Crippen molar-refractivity contribution in [2.24, 2.45) is 7.05 Å².